The summed E-state index contributed by atoms with van der Waals surface area (Å²) < 4.78 is 48.7. The Morgan fingerprint density at radius 1 is 1.24 bits per heavy atom. The normalized spacial score (nSPS) is 14.1. The maximum absolute atomic E-state index is 11.9. The highest BCUT2D eigenvalue weighted by Crippen LogP contribution is 2.04. The summed E-state index contributed by atoms with van der Waals surface area (Å²) in [7, 11) is -5.43. The summed E-state index contributed by atoms with van der Waals surface area (Å²) in [5.41, 5.74) is 0.317. The molecule has 0 rings (SSSR count). The summed E-state index contributed by atoms with van der Waals surface area (Å²) in [6.07, 6.45) is 1.99. The predicted octanol–water partition coefficient (Wildman–Crippen LogP) is -1.47. The fourth-order valence-electron chi connectivity index (χ4n) is 1.55. The zero-order valence-electron chi connectivity index (χ0n) is 12.7. The summed E-state index contributed by atoms with van der Waals surface area (Å²) in [5.74, 6) is -0.290. The number of hydrogen-bond acceptors (Lipinski definition) is 6. The van der Waals surface area contributed by atoms with Crippen molar-refractivity contribution in [1.29, 1.82) is 0 Å². The number of nitrogens with zero attached hydrogens (tertiary/aromatic N) is 1. The second-order valence-electron chi connectivity index (χ2n) is 4.77. The van der Waals surface area contributed by atoms with Gasteiger partial charge in [0, 0.05) is 19.6 Å². The monoisotopic (exact) mass is 341 g/mol. The highest BCUT2D eigenvalue weighted by Gasteiger charge is 2.25. The Hall–Kier alpha value is -0.810. The minimum Gasteiger partial charge on any atom is -0.309 e. The van der Waals surface area contributed by atoms with Gasteiger partial charge in [-0.3, -0.25) is 4.79 Å². The van der Waals surface area contributed by atoms with Crippen LogP contribution in [-0.2, 0) is 24.8 Å². The van der Waals surface area contributed by atoms with Crippen LogP contribution in [0.5, 0.6) is 0 Å². The molecule has 0 bridgehead atoms. The van der Waals surface area contributed by atoms with Gasteiger partial charge in [0.2, 0.25) is 20.0 Å². The molecule has 8 nitrogen and oxygen atoms in total. The van der Waals surface area contributed by atoms with Crippen molar-refractivity contribution in [2.45, 2.75) is 13.0 Å². The first-order valence-electron chi connectivity index (χ1n) is 6.15. The summed E-state index contributed by atoms with van der Waals surface area (Å²) in [6, 6.07) is -0.726. The second-order valence-corrected chi connectivity index (χ2v) is 8.59. The number of likely N-dealkylation sites (N-methyl/N-ethyl adjacent to an activating group) is 1. The molecule has 0 aliphatic carbocycles. The third-order valence-corrected chi connectivity index (χ3v) is 4.66. The lowest BCUT2D eigenvalue weighted by Crippen LogP contribution is -2.48. The summed E-state index contributed by atoms with van der Waals surface area (Å²) in [5, 5.41) is 2.74. The van der Waals surface area contributed by atoms with Gasteiger partial charge < -0.3 is 5.32 Å². The van der Waals surface area contributed by atoms with Crippen LogP contribution in [0.4, 0.5) is 0 Å². The van der Waals surface area contributed by atoms with Crippen LogP contribution in [0.2, 0.25) is 0 Å². The SMILES string of the molecule is C=C(C)C(=O)C(CN(CCNS(C)(=O)=O)S(C)(=O)=O)NC. The third kappa shape index (κ3) is 8.27. The van der Waals surface area contributed by atoms with Gasteiger partial charge in [0.25, 0.3) is 0 Å². The lowest BCUT2D eigenvalue weighted by Gasteiger charge is -2.24. The molecule has 1 atom stereocenters. The molecule has 0 aromatic carbocycles. The van der Waals surface area contributed by atoms with Gasteiger partial charge in [-0.1, -0.05) is 6.58 Å². The van der Waals surface area contributed by atoms with Gasteiger partial charge in [-0.25, -0.2) is 21.6 Å². The van der Waals surface area contributed by atoms with Crippen molar-refractivity contribution < 1.29 is 21.6 Å². The smallest absolute Gasteiger partial charge is 0.211 e. The Morgan fingerprint density at radius 3 is 2.10 bits per heavy atom. The van der Waals surface area contributed by atoms with Crippen LogP contribution in [0.1, 0.15) is 6.92 Å². The van der Waals surface area contributed by atoms with Crippen molar-refractivity contribution in [1.82, 2.24) is 14.3 Å². The Balaban J connectivity index is 4.93. The Labute approximate surface area is 126 Å². The van der Waals surface area contributed by atoms with E-state index in [1.807, 2.05) is 0 Å². The van der Waals surface area contributed by atoms with E-state index in [9.17, 15) is 21.6 Å². The molecule has 0 fully saturated rings. The highest BCUT2D eigenvalue weighted by molar-refractivity contribution is 7.88. The summed E-state index contributed by atoms with van der Waals surface area (Å²) in [6.45, 7) is 4.86. The molecule has 21 heavy (non-hydrogen) atoms. The van der Waals surface area contributed by atoms with Crippen molar-refractivity contribution in [3.8, 4) is 0 Å². The lowest BCUT2D eigenvalue weighted by atomic mass is 10.1. The standard InChI is InChI=1S/C11H23N3O5S2/c1-9(2)11(15)10(12-3)8-14(21(5,18)19)7-6-13-20(4,16)17/h10,12-13H,1,6-8H2,2-5H3. The Bertz CT molecular complexity index is 583. The molecule has 10 heteroatoms. The molecule has 0 amide bonds. The molecule has 0 aromatic heterocycles. The van der Waals surface area contributed by atoms with E-state index in [1.54, 1.807) is 14.0 Å². The van der Waals surface area contributed by atoms with Crippen molar-refractivity contribution >= 4 is 25.8 Å². The van der Waals surface area contributed by atoms with Gasteiger partial charge in [0.1, 0.15) is 0 Å². The zero-order chi connectivity index (χ0) is 16.8. The number of ketones is 1. The molecular formula is C11H23N3O5S2. The van der Waals surface area contributed by atoms with Crippen molar-refractivity contribution in [2.24, 2.45) is 0 Å². The molecule has 0 heterocycles. The number of sulfonamides is 2. The number of rotatable bonds is 10. The average Bonchev–Trinajstić information content (AvgIpc) is 2.29. The lowest BCUT2D eigenvalue weighted by molar-refractivity contribution is -0.117. The molecule has 2 N–H and O–H groups in total. The van der Waals surface area contributed by atoms with Crippen LogP contribution in [0.15, 0.2) is 12.2 Å². The fraction of sp³-hybridized carbons (Fsp3) is 0.727. The number of Topliss-reactive ketones (excluding diaryl/α,β-unsaturated/α-hetero) is 1. The Kier molecular flexibility index (Phi) is 7.68. The summed E-state index contributed by atoms with van der Waals surface area (Å²) in [4.78, 5) is 11.9. The van der Waals surface area contributed by atoms with E-state index < -0.39 is 26.1 Å². The van der Waals surface area contributed by atoms with E-state index >= 15 is 0 Å². The number of nitrogens with one attached hydrogen (secondary N) is 2. The van der Waals surface area contributed by atoms with Crippen LogP contribution < -0.4 is 10.0 Å². The topological polar surface area (TPSA) is 113 Å². The first-order valence-corrected chi connectivity index (χ1v) is 9.89. The van der Waals surface area contributed by atoms with Crippen molar-refractivity contribution in [3.63, 3.8) is 0 Å². The van der Waals surface area contributed by atoms with Crippen LogP contribution in [0.3, 0.4) is 0 Å². The number of hydrogen-bond donors (Lipinski definition) is 2. The summed E-state index contributed by atoms with van der Waals surface area (Å²) >= 11 is 0. The van der Waals surface area contributed by atoms with Crippen LogP contribution >= 0.6 is 0 Å². The maximum atomic E-state index is 11.9. The van der Waals surface area contributed by atoms with E-state index in [-0.39, 0.29) is 25.4 Å². The molecule has 1 unspecified atom stereocenters. The van der Waals surface area contributed by atoms with E-state index in [4.69, 9.17) is 0 Å². The molecule has 0 aliphatic heterocycles. The quantitative estimate of drug-likeness (QED) is 0.469. The fourth-order valence-corrected chi connectivity index (χ4v) is 2.86. The molecule has 0 spiro atoms. The number of carbonyl (C=O) groups is 1. The second kappa shape index (κ2) is 7.99. The van der Waals surface area contributed by atoms with E-state index in [1.165, 1.54) is 0 Å². The van der Waals surface area contributed by atoms with Crippen molar-refractivity contribution in [2.75, 3.05) is 39.2 Å². The minimum absolute atomic E-state index is 0.0620. The highest BCUT2D eigenvalue weighted by atomic mass is 32.2. The molecule has 124 valence electrons. The molecule has 0 radical (unpaired) electrons. The zero-order valence-corrected chi connectivity index (χ0v) is 14.3. The molecular weight excluding hydrogens is 318 g/mol. The van der Waals surface area contributed by atoms with E-state index in [0.29, 0.717) is 5.57 Å². The van der Waals surface area contributed by atoms with E-state index in [2.05, 4.69) is 16.6 Å². The maximum Gasteiger partial charge on any atom is 0.211 e. The molecule has 0 saturated heterocycles. The molecule has 0 saturated carbocycles. The van der Waals surface area contributed by atoms with Gasteiger partial charge in [0.05, 0.1) is 18.6 Å². The van der Waals surface area contributed by atoms with E-state index in [0.717, 1.165) is 16.8 Å². The Morgan fingerprint density at radius 2 is 1.76 bits per heavy atom. The minimum atomic E-state index is -3.57. The van der Waals surface area contributed by atoms with Crippen molar-refractivity contribution in [3.05, 3.63) is 12.2 Å². The molecule has 0 aliphatic rings. The van der Waals surface area contributed by atoms with Gasteiger partial charge in [0.15, 0.2) is 5.78 Å². The predicted molar refractivity (Wildman–Crippen MR) is 81.9 cm³/mol. The largest absolute Gasteiger partial charge is 0.309 e. The van der Waals surface area contributed by atoms with Crippen LogP contribution in [0, 0.1) is 0 Å². The third-order valence-electron chi connectivity index (χ3n) is 2.67. The van der Waals surface area contributed by atoms with Crippen LogP contribution in [-0.4, -0.2) is 72.2 Å². The first kappa shape index (κ1) is 20.2. The first-order chi connectivity index (χ1) is 9.38. The van der Waals surface area contributed by atoms with Gasteiger partial charge in [-0.05, 0) is 19.5 Å². The average molecular weight is 341 g/mol. The van der Waals surface area contributed by atoms with Crippen LogP contribution in [0.25, 0.3) is 0 Å². The van der Waals surface area contributed by atoms with Gasteiger partial charge >= 0.3 is 0 Å². The number of carbonyl (C=O) groups excluding carboxylic acids is 1. The molecule has 0 aromatic rings. The van der Waals surface area contributed by atoms with Gasteiger partial charge in [-0.2, -0.15) is 4.31 Å². The van der Waals surface area contributed by atoms with Gasteiger partial charge in [-0.15, -0.1) is 0 Å².